The highest BCUT2D eigenvalue weighted by Crippen LogP contribution is 2.30. The van der Waals surface area contributed by atoms with Gasteiger partial charge in [0.15, 0.2) is 5.13 Å². The second-order valence-electron chi connectivity index (χ2n) is 8.50. The second kappa shape index (κ2) is 9.09. The van der Waals surface area contributed by atoms with Gasteiger partial charge in [-0.1, -0.05) is 12.1 Å². The van der Waals surface area contributed by atoms with Gasteiger partial charge < -0.3 is 10.2 Å². The average Bonchev–Trinajstić information content (AvgIpc) is 3.32. The molecule has 1 saturated heterocycles. The molecule has 1 N–H and O–H groups in total. The average molecular weight is 444 g/mol. The number of carbonyl (C=O) groups is 1. The molecule has 1 fully saturated rings. The number of hydrogen-bond donors (Lipinski definition) is 1. The van der Waals surface area contributed by atoms with Crippen LogP contribution in [0.1, 0.15) is 42.4 Å². The maximum atomic E-state index is 12.8. The van der Waals surface area contributed by atoms with Crippen molar-refractivity contribution in [2.24, 2.45) is 5.92 Å². The highest BCUT2D eigenvalue weighted by atomic mass is 32.1. The number of hydrogen-bond acceptors (Lipinski definition) is 6. The summed E-state index contributed by atoms with van der Waals surface area (Å²) >= 11 is 1.49. The smallest absolute Gasteiger partial charge is 0.229 e. The number of pyridine rings is 1. The molecule has 0 bridgehead atoms. The van der Waals surface area contributed by atoms with Crippen LogP contribution in [0.2, 0.25) is 0 Å². The summed E-state index contributed by atoms with van der Waals surface area (Å²) in [6, 6.07) is 12.4. The minimum Gasteiger partial charge on any atom is -0.357 e. The zero-order chi connectivity index (χ0) is 21.9. The number of benzene rings is 1. The Hall–Kier alpha value is -3.24. The highest BCUT2D eigenvalue weighted by molar-refractivity contribution is 7.14. The zero-order valence-electron chi connectivity index (χ0n) is 17.9. The SMILES string of the molecule is N#Cc1ccc(N2CCC(C(=O)Nc3nc(-c4ccc5c(c4)CCCC5)cs3)CC2)nc1. The Kier molecular flexibility index (Phi) is 5.87. The predicted molar refractivity (Wildman–Crippen MR) is 127 cm³/mol. The first-order valence-corrected chi connectivity index (χ1v) is 12.1. The van der Waals surface area contributed by atoms with Crippen LogP contribution in [0.3, 0.4) is 0 Å². The van der Waals surface area contributed by atoms with Gasteiger partial charge in [0.05, 0.1) is 11.3 Å². The molecule has 1 aliphatic carbocycles. The topological polar surface area (TPSA) is 81.9 Å². The number of amides is 1. The maximum absolute atomic E-state index is 12.8. The summed E-state index contributed by atoms with van der Waals surface area (Å²) < 4.78 is 0. The number of anilines is 2. The van der Waals surface area contributed by atoms with Crippen molar-refractivity contribution in [1.82, 2.24) is 9.97 Å². The lowest BCUT2D eigenvalue weighted by atomic mass is 9.90. The van der Waals surface area contributed by atoms with Gasteiger partial charge in [0.1, 0.15) is 11.9 Å². The first-order chi connectivity index (χ1) is 15.7. The van der Waals surface area contributed by atoms with Crippen LogP contribution < -0.4 is 10.2 Å². The predicted octanol–water partition coefficient (Wildman–Crippen LogP) is 4.81. The van der Waals surface area contributed by atoms with Crippen molar-refractivity contribution in [2.75, 3.05) is 23.3 Å². The van der Waals surface area contributed by atoms with Crippen LogP contribution in [0.15, 0.2) is 41.9 Å². The van der Waals surface area contributed by atoms with Crippen molar-refractivity contribution < 1.29 is 4.79 Å². The van der Waals surface area contributed by atoms with Crippen LogP contribution in [-0.4, -0.2) is 29.0 Å². The summed E-state index contributed by atoms with van der Waals surface area (Å²) in [7, 11) is 0. The molecule has 6 nitrogen and oxygen atoms in total. The Labute approximate surface area is 191 Å². The van der Waals surface area contributed by atoms with Crippen LogP contribution in [-0.2, 0) is 17.6 Å². The van der Waals surface area contributed by atoms with Gasteiger partial charge >= 0.3 is 0 Å². The summed E-state index contributed by atoms with van der Waals surface area (Å²) in [5.74, 6) is 0.877. The van der Waals surface area contributed by atoms with Crippen molar-refractivity contribution in [1.29, 1.82) is 5.26 Å². The maximum Gasteiger partial charge on any atom is 0.229 e. The summed E-state index contributed by atoms with van der Waals surface area (Å²) in [6.45, 7) is 1.55. The minimum absolute atomic E-state index is 0.0271. The fraction of sp³-hybridized carbons (Fsp3) is 0.360. The Bertz CT molecular complexity index is 1160. The van der Waals surface area contributed by atoms with Crippen molar-refractivity contribution in [3.8, 4) is 17.3 Å². The molecule has 0 spiro atoms. The van der Waals surface area contributed by atoms with Crippen molar-refractivity contribution in [3.63, 3.8) is 0 Å². The summed E-state index contributed by atoms with van der Waals surface area (Å²) in [5, 5.41) is 14.6. The number of nitriles is 1. The number of thiazole rings is 1. The molecule has 2 aliphatic rings. The molecule has 162 valence electrons. The standard InChI is InChI=1S/C25H25N5OS/c26-14-17-5-8-23(27-15-17)30-11-9-19(10-12-30)24(31)29-25-28-22(16-32-25)21-7-6-18-3-1-2-4-20(18)13-21/h5-8,13,15-16,19H,1-4,9-12H2,(H,28,29,31). The number of nitrogens with one attached hydrogen (secondary N) is 1. The molecule has 0 atom stereocenters. The van der Waals surface area contributed by atoms with Gasteiger partial charge in [-0.3, -0.25) is 4.79 Å². The number of fused-ring (bicyclic) bond motifs is 1. The molecule has 5 rings (SSSR count). The van der Waals surface area contributed by atoms with Crippen LogP contribution in [0.5, 0.6) is 0 Å². The van der Waals surface area contributed by atoms with E-state index in [1.807, 2.05) is 11.4 Å². The number of piperidine rings is 1. The van der Waals surface area contributed by atoms with E-state index in [1.54, 1.807) is 12.3 Å². The normalized spacial score (nSPS) is 16.3. The Morgan fingerprint density at radius 3 is 2.69 bits per heavy atom. The molecule has 7 heteroatoms. The third kappa shape index (κ3) is 4.37. The van der Waals surface area contributed by atoms with E-state index >= 15 is 0 Å². The van der Waals surface area contributed by atoms with Crippen molar-refractivity contribution in [2.45, 2.75) is 38.5 Å². The van der Waals surface area contributed by atoms with E-state index in [1.165, 1.54) is 41.7 Å². The Morgan fingerprint density at radius 1 is 1.12 bits per heavy atom. The molecule has 3 aromatic rings. The molecular formula is C25H25N5OS. The molecule has 2 aromatic heterocycles. The van der Waals surface area contributed by atoms with Gasteiger partial charge in [-0.15, -0.1) is 11.3 Å². The van der Waals surface area contributed by atoms with Crippen molar-refractivity contribution in [3.05, 3.63) is 58.6 Å². The summed E-state index contributed by atoms with van der Waals surface area (Å²) in [5.41, 5.74) is 5.52. The van der Waals surface area contributed by atoms with Gasteiger partial charge in [0.2, 0.25) is 5.91 Å². The van der Waals surface area contributed by atoms with E-state index in [0.29, 0.717) is 10.7 Å². The Balaban J connectivity index is 1.18. The monoisotopic (exact) mass is 443 g/mol. The van der Waals surface area contributed by atoms with Crippen LogP contribution in [0, 0.1) is 17.2 Å². The molecule has 0 unspecified atom stereocenters. The van der Waals surface area contributed by atoms with E-state index in [9.17, 15) is 4.79 Å². The highest BCUT2D eigenvalue weighted by Gasteiger charge is 2.26. The van der Waals surface area contributed by atoms with Crippen LogP contribution in [0.25, 0.3) is 11.3 Å². The number of nitrogens with zero attached hydrogens (tertiary/aromatic N) is 4. The second-order valence-corrected chi connectivity index (χ2v) is 9.35. The molecule has 1 aliphatic heterocycles. The van der Waals surface area contributed by atoms with E-state index in [0.717, 1.165) is 49.4 Å². The van der Waals surface area contributed by atoms with E-state index < -0.39 is 0 Å². The third-order valence-electron chi connectivity index (χ3n) is 6.45. The van der Waals surface area contributed by atoms with E-state index in [4.69, 9.17) is 5.26 Å². The molecule has 0 saturated carbocycles. The quantitative estimate of drug-likeness (QED) is 0.626. The summed E-state index contributed by atoms with van der Waals surface area (Å²) in [4.78, 5) is 24.0. The van der Waals surface area contributed by atoms with Gasteiger partial charge in [0.25, 0.3) is 0 Å². The first-order valence-electron chi connectivity index (χ1n) is 11.2. The van der Waals surface area contributed by atoms with Crippen LogP contribution in [0.4, 0.5) is 10.9 Å². The summed E-state index contributed by atoms with van der Waals surface area (Å²) in [6.07, 6.45) is 8.00. The van der Waals surface area contributed by atoms with Crippen LogP contribution >= 0.6 is 11.3 Å². The van der Waals surface area contributed by atoms with Gasteiger partial charge in [-0.2, -0.15) is 5.26 Å². The molecule has 3 heterocycles. The minimum atomic E-state index is -0.0271. The molecule has 0 radical (unpaired) electrons. The first kappa shape index (κ1) is 20.7. The third-order valence-corrected chi connectivity index (χ3v) is 7.20. The lowest BCUT2D eigenvalue weighted by Crippen LogP contribution is -2.38. The fourth-order valence-corrected chi connectivity index (χ4v) is 5.30. The van der Waals surface area contributed by atoms with Gasteiger partial charge in [-0.25, -0.2) is 9.97 Å². The lowest BCUT2D eigenvalue weighted by molar-refractivity contribution is -0.120. The lowest BCUT2D eigenvalue weighted by Gasteiger charge is -2.31. The van der Waals surface area contributed by atoms with E-state index in [-0.39, 0.29) is 11.8 Å². The molecule has 1 aromatic carbocycles. The number of aryl methyl sites for hydroxylation is 2. The molecule has 1 amide bonds. The molecule has 32 heavy (non-hydrogen) atoms. The van der Waals surface area contributed by atoms with Gasteiger partial charge in [0, 0.05) is 36.1 Å². The fourth-order valence-electron chi connectivity index (χ4n) is 4.57. The number of aromatic nitrogens is 2. The largest absolute Gasteiger partial charge is 0.357 e. The molecular weight excluding hydrogens is 418 g/mol. The van der Waals surface area contributed by atoms with Crippen molar-refractivity contribution >= 4 is 28.2 Å². The van der Waals surface area contributed by atoms with E-state index in [2.05, 4.69) is 44.5 Å². The number of carbonyl (C=O) groups excluding carboxylic acids is 1. The zero-order valence-corrected chi connectivity index (χ0v) is 18.7. The number of rotatable bonds is 4. The van der Waals surface area contributed by atoms with Gasteiger partial charge in [-0.05, 0) is 67.9 Å². The Morgan fingerprint density at radius 2 is 1.94 bits per heavy atom.